The second-order valence-electron chi connectivity index (χ2n) is 3.83. The second kappa shape index (κ2) is 6.30. The standard InChI is InChI=1S/C12H17N5S/c1-3-4-9-16-10(13-2)7-11(17-9)15-8-12-14-5-6-18-12/h5-7H,3-4,8H2,1-2H3,(H2,13,15,16,17). The molecule has 2 heterocycles. The summed E-state index contributed by atoms with van der Waals surface area (Å²) in [5.74, 6) is 2.55. The lowest BCUT2D eigenvalue weighted by molar-refractivity contribution is 0.835. The van der Waals surface area contributed by atoms with E-state index in [4.69, 9.17) is 0 Å². The maximum atomic E-state index is 4.49. The lowest BCUT2D eigenvalue weighted by Gasteiger charge is -2.08. The summed E-state index contributed by atoms with van der Waals surface area (Å²) < 4.78 is 0. The molecule has 2 aromatic rings. The van der Waals surface area contributed by atoms with Crippen LogP contribution in [0.4, 0.5) is 11.6 Å². The Hall–Kier alpha value is -1.69. The van der Waals surface area contributed by atoms with Gasteiger partial charge in [-0.1, -0.05) is 6.92 Å². The molecule has 0 aliphatic heterocycles. The number of hydrogen-bond acceptors (Lipinski definition) is 6. The van der Waals surface area contributed by atoms with Gasteiger partial charge in [-0.25, -0.2) is 15.0 Å². The van der Waals surface area contributed by atoms with E-state index < -0.39 is 0 Å². The van der Waals surface area contributed by atoms with Crippen molar-refractivity contribution in [3.63, 3.8) is 0 Å². The minimum atomic E-state index is 0.698. The summed E-state index contributed by atoms with van der Waals surface area (Å²) in [5, 5.41) is 9.36. The fraction of sp³-hybridized carbons (Fsp3) is 0.417. The molecule has 2 N–H and O–H groups in total. The SMILES string of the molecule is CCCc1nc(NC)cc(NCc2nccs2)n1. The summed E-state index contributed by atoms with van der Waals surface area (Å²) in [5.41, 5.74) is 0. The molecular weight excluding hydrogens is 246 g/mol. The van der Waals surface area contributed by atoms with E-state index in [1.165, 1.54) is 0 Å². The van der Waals surface area contributed by atoms with Crippen molar-refractivity contribution in [2.75, 3.05) is 17.7 Å². The molecule has 2 rings (SSSR count). The zero-order chi connectivity index (χ0) is 12.8. The summed E-state index contributed by atoms with van der Waals surface area (Å²) in [4.78, 5) is 13.1. The number of nitrogens with one attached hydrogen (secondary N) is 2. The first kappa shape index (κ1) is 12.8. The molecule has 0 saturated carbocycles. The van der Waals surface area contributed by atoms with Crippen LogP contribution in [0.3, 0.4) is 0 Å². The van der Waals surface area contributed by atoms with E-state index in [0.29, 0.717) is 6.54 Å². The van der Waals surface area contributed by atoms with Crippen LogP contribution < -0.4 is 10.6 Å². The summed E-state index contributed by atoms with van der Waals surface area (Å²) in [6.07, 6.45) is 3.74. The average molecular weight is 263 g/mol. The molecule has 0 radical (unpaired) electrons. The van der Waals surface area contributed by atoms with Crippen molar-refractivity contribution >= 4 is 23.0 Å². The van der Waals surface area contributed by atoms with Crippen molar-refractivity contribution < 1.29 is 0 Å². The van der Waals surface area contributed by atoms with Crippen LogP contribution >= 0.6 is 11.3 Å². The molecule has 2 aromatic heterocycles. The Morgan fingerprint density at radius 3 is 2.78 bits per heavy atom. The van der Waals surface area contributed by atoms with Crippen LogP contribution in [-0.4, -0.2) is 22.0 Å². The first-order valence-electron chi connectivity index (χ1n) is 5.99. The molecule has 18 heavy (non-hydrogen) atoms. The van der Waals surface area contributed by atoms with Crippen LogP contribution in [-0.2, 0) is 13.0 Å². The van der Waals surface area contributed by atoms with Gasteiger partial charge in [-0.3, -0.25) is 0 Å². The lowest BCUT2D eigenvalue weighted by atomic mass is 10.3. The Labute approximate surface area is 111 Å². The van der Waals surface area contributed by atoms with E-state index in [1.807, 2.05) is 24.7 Å². The minimum Gasteiger partial charge on any atom is -0.373 e. The van der Waals surface area contributed by atoms with Crippen molar-refractivity contribution in [2.45, 2.75) is 26.3 Å². The average Bonchev–Trinajstić information content (AvgIpc) is 2.89. The van der Waals surface area contributed by atoms with Crippen molar-refractivity contribution in [1.29, 1.82) is 0 Å². The van der Waals surface area contributed by atoms with E-state index in [1.54, 1.807) is 11.3 Å². The van der Waals surface area contributed by atoms with Gasteiger partial charge in [-0.05, 0) is 6.42 Å². The number of nitrogens with zero attached hydrogens (tertiary/aromatic N) is 3. The fourth-order valence-corrected chi connectivity index (χ4v) is 2.11. The highest BCUT2D eigenvalue weighted by molar-refractivity contribution is 7.09. The first-order chi connectivity index (χ1) is 8.81. The molecule has 0 bridgehead atoms. The van der Waals surface area contributed by atoms with Gasteiger partial charge < -0.3 is 10.6 Å². The predicted molar refractivity (Wildman–Crippen MR) is 75.0 cm³/mol. The van der Waals surface area contributed by atoms with E-state index >= 15 is 0 Å². The van der Waals surface area contributed by atoms with Gasteiger partial charge in [-0.2, -0.15) is 0 Å². The van der Waals surface area contributed by atoms with Crippen molar-refractivity contribution in [3.05, 3.63) is 28.5 Å². The Kier molecular flexibility index (Phi) is 4.46. The zero-order valence-electron chi connectivity index (χ0n) is 10.6. The lowest BCUT2D eigenvalue weighted by Crippen LogP contribution is -2.06. The molecule has 0 fully saturated rings. The van der Waals surface area contributed by atoms with E-state index in [2.05, 4.69) is 32.5 Å². The second-order valence-corrected chi connectivity index (χ2v) is 4.81. The zero-order valence-corrected chi connectivity index (χ0v) is 11.4. The quantitative estimate of drug-likeness (QED) is 0.838. The number of rotatable bonds is 6. The maximum absolute atomic E-state index is 4.49. The predicted octanol–water partition coefficient (Wildman–Crippen LogP) is 2.54. The van der Waals surface area contributed by atoms with Crippen molar-refractivity contribution in [2.24, 2.45) is 0 Å². The monoisotopic (exact) mass is 263 g/mol. The van der Waals surface area contributed by atoms with Gasteiger partial charge >= 0.3 is 0 Å². The molecule has 6 heteroatoms. The van der Waals surface area contributed by atoms with Crippen molar-refractivity contribution in [3.8, 4) is 0 Å². The van der Waals surface area contributed by atoms with Gasteiger partial charge in [0.1, 0.15) is 22.5 Å². The topological polar surface area (TPSA) is 62.7 Å². The minimum absolute atomic E-state index is 0.698. The summed E-state index contributed by atoms with van der Waals surface area (Å²) in [6.45, 7) is 2.82. The van der Waals surface area contributed by atoms with Gasteiger partial charge in [0.15, 0.2) is 0 Å². The molecule has 5 nitrogen and oxygen atoms in total. The molecule has 0 saturated heterocycles. The first-order valence-corrected chi connectivity index (χ1v) is 6.87. The molecular formula is C12H17N5S. The van der Waals surface area contributed by atoms with Gasteiger partial charge in [-0.15, -0.1) is 11.3 Å². The van der Waals surface area contributed by atoms with Gasteiger partial charge in [0.2, 0.25) is 0 Å². The number of thiazole rings is 1. The highest BCUT2D eigenvalue weighted by atomic mass is 32.1. The van der Waals surface area contributed by atoms with Crippen LogP contribution in [0.25, 0.3) is 0 Å². The number of aromatic nitrogens is 3. The molecule has 0 aromatic carbocycles. The highest BCUT2D eigenvalue weighted by Gasteiger charge is 2.04. The number of aryl methyl sites for hydroxylation is 1. The van der Waals surface area contributed by atoms with E-state index in [-0.39, 0.29) is 0 Å². The van der Waals surface area contributed by atoms with Gasteiger partial charge in [0.25, 0.3) is 0 Å². The number of anilines is 2. The van der Waals surface area contributed by atoms with Crippen LogP contribution in [0.1, 0.15) is 24.2 Å². The molecule has 0 unspecified atom stereocenters. The van der Waals surface area contributed by atoms with Gasteiger partial charge in [0.05, 0.1) is 6.54 Å². The smallest absolute Gasteiger partial charge is 0.133 e. The summed E-state index contributed by atoms with van der Waals surface area (Å²) in [7, 11) is 1.86. The van der Waals surface area contributed by atoms with Crippen LogP contribution in [0, 0.1) is 0 Å². The third-order valence-electron chi connectivity index (χ3n) is 2.41. The van der Waals surface area contributed by atoms with Crippen LogP contribution in [0.2, 0.25) is 0 Å². The highest BCUT2D eigenvalue weighted by Crippen LogP contribution is 2.13. The van der Waals surface area contributed by atoms with E-state index in [0.717, 1.165) is 35.3 Å². The molecule has 0 atom stereocenters. The molecule has 0 aliphatic rings. The fourth-order valence-electron chi connectivity index (χ4n) is 1.56. The molecule has 0 aliphatic carbocycles. The Balaban J connectivity index is 2.08. The maximum Gasteiger partial charge on any atom is 0.133 e. The Morgan fingerprint density at radius 2 is 2.11 bits per heavy atom. The Morgan fingerprint density at radius 1 is 1.28 bits per heavy atom. The van der Waals surface area contributed by atoms with Crippen LogP contribution in [0.15, 0.2) is 17.6 Å². The molecule has 0 amide bonds. The third kappa shape index (κ3) is 3.40. The number of hydrogen-bond donors (Lipinski definition) is 2. The Bertz CT molecular complexity index is 483. The molecule has 96 valence electrons. The van der Waals surface area contributed by atoms with E-state index in [9.17, 15) is 0 Å². The summed E-state index contributed by atoms with van der Waals surface area (Å²) in [6, 6.07) is 1.91. The van der Waals surface area contributed by atoms with Gasteiger partial charge in [0, 0.05) is 31.1 Å². The van der Waals surface area contributed by atoms with Crippen molar-refractivity contribution in [1.82, 2.24) is 15.0 Å². The summed E-state index contributed by atoms with van der Waals surface area (Å²) >= 11 is 1.63. The van der Waals surface area contributed by atoms with Crippen LogP contribution in [0.5, 0.6) is 0 Å². The third-order valence-corrected chi connectivity index (χ3v) is 3.19. The molecule has 0 spiro atoms. The largest absolute Gasteiger partial charge is 0.373 e. The normalized spacial score (nSPS) is 10.3.